The second-order valence-electron chi connectivity index (χ2n) is 10.6. The largest absolute Gasteiger partial charge is 0.459 e. The summed E-state index contributed by atoms with van der Waals surface area (Å²) in [5.74, 6) is 0.483. The van der Waals surface area contributed by atoms with Crippen LogP contribution in [0.3, 0.4) is 0 Å². The van der Waals surface area contributed by atoms with Gasteiger partial charge in [0.15, 0.2) is 5.76 Å². The monoisotopic (exact) mass is 534 g/mol. The Kier molecular flexibility index (Phi) is 7.47. The van der Waals surface area contributed by atoms with Crippen LogP contribution in [0.1, 0.15) is 39.3 Å². The summed E-state index contributed by atoms with van der Waals surface area (Å²) in [6.45, 7) is 6.41. The lowest BCUT2D eigenvalue weighted by molar-refractivity contribution is 0.0401. The minimum atomic E-state index is -0.0153. The van der Waals surface area contributed by atoms with Crippen molar-refractivity contribution in [1.82, 2.24) is 19.7 Å². The molecule has 4 aromatic rings. The third-order valence-corrected chi connectivity index (χ3v) is 8.14. The summed E-state index contributed by atoms with van der Waals surface area (Å²) in [5.41, 5.74) is 5.14. The predicted molar refractivity (Wildman–Crippen MR) is 155 cm³/mol. The highest BCUT2D eigenvalue weighted by molar-refractivity contribution is 5.96. The molecule has 0 saturated carbocycles. The van der Waals surface area contributed by atoms with Crippen LogP contribution in [-0.4, -0.2) is 76.8 Å². The number of likely N-dealkylation sites (tertiary alicyclic amines) is 1. The molecule has 204 valence electrons. The molecule has 2 aromatic heterocycles. The molecule has 7 heteroatoms. The first kappa shape index (κ1) is 26.0. The van der Waals surface area contributed by atoms with Gasteiger partial charge >= 0.3 is 0 Å². The van der Waals surface area contributed by atoms with Crippen molar-refractivity contribution in [3.05, 3.63) is 102 Å². The molecule has 2 amide bonds. The van der Waals surface area contributed by atoms with Gasteiger partial charge in [-0.3, -0.25) is 14.5 Å². The van der Waals surface area contributed by atoms with Gasteiger partial charge in [-0.1, -0.05) is 60.7 Å². The van der Waals surface area contributed by atoms with E-state index in [9.17, 15) is 9.59 Å². The maximum Gasteiger partial charge on any atom is 0.289 e. The number of piperidine rings is 1. The summed E-state index contributed by atoms with van der Waals surface area (Å²) < 4.78 is 5.42. The highest BCUT2D eigenvalue weighted by Crippen LogP contribution is 2.27. The lowest BCUT2D eigenvalue weighted by Crippen LogP contribution is -2.54. The Morgan fingerprint density at radius 2 is 1.27 bits per heavy atom. The van der Waals surface area contributed by atoms with Crippen LogP contribution in [-0.2, 0) is 0 Å². The van der Waals surface area contributed by atoms with Gasteiger partial charge in [0.1, 0.15) is 0 Å². The number of aryl methyl sites for hydroxylation is 1. The zero-order chi connectivity index (χ0) is 27.5. The quantitative estimate of drug-likeness (QED) is 0.344. The number of aromatic nitrogens is 1. The first-order chi connectivity index (χ1) is 19.6. The van der Waals surface area contributed by atoms with Gasteiger partial charge in [0.05, 0.1) is 17.7 Å². The Morgan fingerprint density at radius 3 is 1.80 bits per heavy atom. The molecule has 0 bridgehead atoms. The van der Waals surface area contributed by atoms with Crippen molar-refractivity contribution in [2.45, 2.75) is 25.8 Å². The normalized spacial score (nSPS) is 16.7. The number of furan rings is 1. The van der Waals surface area contributed by atoms with Gasteiger partial charge in [0, 0.05) is 67.6 Å². The van der Waals surface area contributed by atoms with Crippen LogP contribution < -0.4 is 0 Å². The minimum absolute atomic E-state index is 0.0153. The first-order valence-corrected chi connectivity index (χ1v) is 14.1. The summed E-state index contributed by atoms with van der Waals surface area (Å²) >= 11 is 0. The van der Waals surface area contributed by atoms with Crippen molar-refractivity contribution in [2.75, 3.05) is 39.3 Å². The van der Waals surface area contributed by atoms with E-state index in [-0.39, 0.29) is 11.8 Å². The molecule has 2 aromatic carbocycles. The molecule has 40 heavy (non-hydrogen) atoms. The van der Waals surface area contributed by atoms with Gasteiger partial charge in [-0.25, -0.2) is 4.98 Å². The standard InChI is InChI=1S/C33H34N4O3/c1-24-14-21-40-31(24)33(39)36-15-12-28(13-16-36)35-17-19-37(20-18-35)32(38)27-22-29(25-8-4-2-5-9-25)34-30(23-27)26-10-6-3-7-11-26/h2-11,14,21-23,28H,12-13,15-20H2,1H3. The van der Waals surface area contributed by atoms with Gasteiger partial charge in [0.2, 0.25) is 0 Å². The van der Waals surface area contributed by atoms with Crippen LogP contribution in [0, 0.1) is 6.92 Å². The minimum Gasteiger partial charge on any atom is -0.459 e. The summed E-state index contributed by atoms with van der Waals surface area (Å²) in [6.07, 6.45) is 3.45. The van der Waals surface area contributed by atoms with E-state index in [0.717, 1.165) is 67.1 Å². The van der Waals surface area contributed by atoms with E-state index in [1.165, 1.54) is 0 Å². The van der Waals surface area contributed by atoms with E-state index in [1.807, 2.05) is 95.6 Å². The van der Waals surface area contributed by atoms with Crippen LogP contribution in [0.4, 0.5) is 0 Å². The molecule has 2 fully saturated rings. The number of rotatable bonds is 5. The van der Waals surface area contributed by atoms with Crippen molar-refractivity contribution in [3.63, 3.8) is 0 Å². The maximum absolute atomic E-state index is 13.7. The van der Waals surface area contributed by atoms with Crippen LogP contribution >= 0.6 is 0 Å². The summed E-state index contributed by atoms with van der Waals surface area (Å²) in [4.78, 5) is 37.8. The van der Waals surface area contributed by atoms with Crippen LogP contribution in [0.5, 0.6) is 0 Å². The molecule has 0 atom stereocenters. The van der Waals surface area contributed by atoms with E-state index in [4.69, 9.17) is 9.40 Å². The topological polar surface area (TPSA) is 69.9 Å². The Hall–Kier alpha value is -4.23. The SMILES string of the molecule is Cc1ccoc1C(=O)N1CCC(N2CCN(C(=O)c3cc(-c4ccccc4)nc(-c4ccccc4)c3)CC2)CC1. The van der Waals surface area contributed by atoms with Crippen molar-refractivity contribution in [1.29, 1.82) is 0 Å². The third kappa shape index (κ3) is 5.42. The van der Waals surface area contributed by atoms with Gasteiger partial charge in [-0.05, 0) is 38.0 Å². The zero-order valence-electron chi connectivity index (χ0n) is 22.8. The van der Waals surface area contributed by atoms with E-state index in [1.54, 1.807) is 6.26 Å². The number of benzene rings is 2. The summed E-state index contributed by atoms with van der Waals surface area (Å²) in [5, 5.41) is 0. The molecule has 2 saturated heterocycles. The van der Waals surface area contributed by atoms with Crippen molar-refractivity contribution < 1.29 is 14.0 Å². The van der Waals surface area contributed by atoms with E-state index >= 15 is 0 Å². The highest BCUT2D eigenvalue weighted by atomic mass is 16.3. The third-order valence-electron chi connectivity index (χ3n) is 8.14. The molecule has 0 spiro atoms. The molecule has 2 aliphatic rings. The number of hydrogen-bond acceptors (Lipinski definition) is 5. The number of carbonyl (C=O) groups excluding carboxylic acids is 2. The maximum atomic E-state index is 13.7. The summed E-state index contributed by atoms with van der Waals surface area (Å²) in [7, 11) is 0. The Labute approximate surface area is 235 Å². The fraction of sp³-hybridized carbons (Fsp3) is 0.303. The number of pyridine rings is 1. The van der Waals surface area contributed by atoms with E-state index in [0.29, 0.717) is 30.5 Å². The van der Waals surface area contributed by atoms with Gasteiger partial charge in [-0.2, -0.15) is 0 Å². The van der Waals surface area contributed by atoms with Crippen LogP contribution in [0.25, 0.3) is 22.5 Å². The molecular weight excluding hydrogens is 500 g/mol. The second-order valence-corrected chi connectivity index (χ2v) is 10.6. The molecule has 0 radical (unpaired) electrons. The van der Waals surface area contributed by atoms with Crippen LogP contribution in [0.15, 0.2) is 89.5 Å². The number of amides is 2. The molecule has 2 aliphatic heterocycles. The zero-order valence-corrected chi connectivity index (χ0v) is 22.8. The average Bonchev–Trinajstić information content (AvgIpc) is 3.46. The fourth-order valence-corrected chi connectivity index (χ4v) is 5.81. The fourth-order valence-electron chi connectivity index (χ4n) is 5.81. The van der Waals surface area contributed by atoms with Crippen molar-refractivity contribution in [2.24, 2.45) is 0 Å². The molecule has 0 aliphatic carbocycles. The lowest BCUT2D eigenvalue weighted by Gasteiger charge is -2.42. The molecule has 6 rings (SSSR count). The van der Waals surface area contributed by atoms with Gasteiger partial charge in [-0.15, -0.1) is 0 Å². The van der Waals surface area contributed by atoms with Crippen molar-refractivity contribution in [3.8, 4) is 22.5 Å². The molecular formula is C33H34N4O3. The molecule has 0 N–H and O–H groups in total. The Bertz CT molecular complexity index is 1410. The Morgan fingerprint density at radius 1 is 0.725 bits per heavy atom. The number of hydrogen-bond donors (Lipinski definition) is 0. The van der Waals surface area contributed by atoms with Crippen LogP contribution in [0.2, 0.25) is 0 Å². The number of carbonyl (C=O) groups is 2. The average molecular weight is 535 g/mol. The number of piperazine rings is 1. The number of nitrogens with zero attached hydrogens (tertiary/aromatic N) is 4. The smallest absolute Gasteiger partial charge is 0.289 e. The molecule has 7 nitrogen and oxygen atoms in total. The van der Waals surface area contributed by atoms with Crippen molar-refractivity contribution >= 4 is 11.8 Å². The predicted octanol–water partition coefficient (Wildman–Crippen LogP) is 5.38. The van der Waals surface area contributed by atoms with E-state index in [2.05, 4.69) is 4.90 Å². The molecule has 0 unspecified atom stereocenters. The summed E-state index contributed by atoms with van der Waals surface area (Å²) in [6, 6.07) is 26.1. The highest BCUT2D eigenvalue weighted by Gasteiger charge is 2.32. The first-order valence-electron chi connectivity index (χ1n) is 14.1. The molecule has 4 heterocycles. The lowest BCUT2D eigenvalue weighted by atomic mass is 10.0. The van der Waals surface area contributed by atoms with Gasteiger partial charge < -0.3 is 14.2 Å². The van der Waals surface area contributed by atoms with Gasteiger partial charge in [0.25, 0.3) is 11.8 Å². The van der Waals surface area contributed by atoms with E-state index < -0.39 is 0 Å². The second kappa shape index (κ2) is 11.5. The Balaban J connectivity index is 1.11.